The Morgan fingerprint density at radius 3 is 1.25 bits per heavy atom. The maximum absolute atomic E-state index is 5.02. The lowest BCUT2D eigenvalue weighted by atomic mass is 9.73. The molecule has 2 unspecified atom stereocenters. The van der Waals surface area contributed by atoms with Crippen LogP contribution in [-0.4, -0.2) is 29.9 Å². The van der Waals surface area contributed by atoms with E-state index in [1.54, 1.807) is 0 Å². The van der Waals surface area contributed by atoms with Gasteiger partial charge in [0.25, 0.3) is 0 Å². The molecule has 0 fully saturated rings. The van der Waals surface area contributed by atoms with Crippen molar-refractivity contribution in [3.05, 3.63) is 175 Å². The molecule has 2 aliphatic carbocycles. The number of hydrogen-bond donors (Lipinski definition) is 0. The van der Waals surface area contributed by atoms with E-state index in [0.29, 0.717) is 34.9 Å². The van der Waals surface area contributed by atoms with Gasteiger partial charge in [-0.15, -0.1) is 0 Å². The second-order valence-electron chi connectivity index (χ2n) is 13.6. The number of allylic oxidation sites excluding steroid dienone is 4. The smallest absolute Gasteiger partial charge is 0.164 e. The van der Waals surface area contributed by atoms with Gasteiger partial charge < -0.3 is 0 Å². The van der Waals surface area contributed by atoms with Gasteiger partial charge in [0.15, 0.2) is 34.9 Å². The minimum Gasteiger partial charge on any atom is -0.208 e. The average Bonchev–Trinajstić information content (AvgIpc) is 3.43. The summed E-state index contributed by atoms with van der Waals surface area (Å²) >= 11 is 0. The standard InChI is InChI=1S/C45H34N6/c1-45(2)37-27-33(43-48-39(29-15-7-3-8-16-29)46-40(49-43)30-17-9-4-10-18-30)23-25-35(37)36-26-24-34(28-38(36)45)44-50-41(31-19-11-5-12-20-31)47-42(51-44)32-21-13-6-14-22-32/h3-28,35,37H,1-2H3. The van der Waals surface area contributed by atoms with Gasteiger partial charge in [-0.25, -0.2) is 29.9 Å². The van der Waals surface area contributed by atoms with Gasteiger partial charge in [-0.05, 0) is 28.5 Å². The van der Waals surface area contributed by atoms with E-state index in [9.17, 15) is 0 Å². The molecule has 2 atom stereocenters. The molecule has 0 amide bonds. The van der Waals surface area contributed by atoms with E-state index < -0.39 is 0 Å². The lowest BCUT2D eigenvalue weighted by molar-refractivity contribution is 0.395. The largest absolute Gasteiger partial charge is 0.208 e. The Balaban J connectivity index is 1.11. The maximum Gasteiger partial charge on any atom is 0.164 e. The summed E-state index contributed by atoms with van der Waals surface area (Å²) in [5, 5.41) is 0. The molecule has 0 N–H and O–H groups in total. The van der Waals surface area contributed by atoms with Gasteiger partial charge in [0, 0.05) is 39.3 Å². The van der Waals surface area contributed by atoms with Crippen molar-refractivity contribution in [1.29, 1.82) is 0 Å². The third-order valence-electron chi connectivity index (χ3n) is 10.1. The van der Waals surface area contributed by atoms with Gasteiger partial charge in [-0.3, -0.25) is 0 Å². The number of fused-ring (bicyclic) bond motifs is 3. The second-order valence-corrected chi connectivity index (χ2v) is 13.6. The topological polar surface area (TPSA) is 77.3 Å². The molecule has 6 nitrogen and oxygen atoms in total. The van der Waals surface area contributed by atoms with Crippen molar-refractivity contribution < 1.29 is 0 Å². The molecular formula is C45H34N6. The van der Waals surface area contributed by atoms with Crippen LogP contribution in [0, 0.1) is 5.92 Å². The van der Waals surface area contributed by atoms with Gasteiger partial charge >= 0.3 is 0 Å². The van der Waals surface area contributed by atoms with E-state index in [-0.39, 0.29) is 17.3 Å². The molecule has 0 saturated heterocycles. The Labute approximate surface area is 297 Å². The molecule has 9 rings (SSSR count). The Bertz CT molecular complexity index is 2320. The molecule has 0 spiro atoms. The minimum atomic E-state index is -0.179. The first-order chi connectivity index (χ1) is 25.0. The normalized spacial score (nSPS) is 17.0. The molecule has 2 aromatic heterocycles. The highest BCUT2D eigenvalue weighted by Crippen LogP contribution is 2.54. The van der Waals surface area contributed by atoms with Gasteiger partial charge in [0.2, 0.25) is 0 Å². The first-order valence-corrected chi connectivity index (χ1v) is 17.3. The highest BCUT2D eigenvalue weighted by molar-refractivity contribution is 5.76. The van der Waals surface area contributed by atoms with Crippen LogP contribution in [0.3, 0.4) is 0 Å². The van der Waals surface area contributed by atoms with Crippen LogP contribution in [0.2, 0.25) is 0 Å². The van der Waals surface area contributed by atoms with Crippen LogP contribution in [0.4, 0.5) is 0 Å². The minimum absolute atomic E-state index is 0.179. The van der Waals surface area contributed by atoms with E-state index in [4.69, 9.17) is 29.9 Å². The summed E-state index contributed by atoms with van der Waals surface area (Å²) < 4.78 is 0. The Morgan fingerprint density at radius 2 is 0.824 bits per heavy atom. The fraction of sp³-hybridized carbons (Fsp3) is 0.111. The van der Waals surface area contributed by atoms with Crippen molar-refractivity contribution in [1.82, 2.24) is 29.9 Å². The summed E-state index contributed by atoms with van der Waals surface area (Å²) in [4.78, 5) is 29.8. The zero-order chi connectivity index (χ0) is 34.4. The maximum atomic E-state index is 5.02. The number of nitrogens with zero attached hydrogens (tertiary/aromatic N) is 6. The summed E-state index contributed by atoms with van der Waals surface area (Å²) in [5.41, 5.74) is 8.26. The van der Waals surface area contributed by atoms with Crippen LogP contribution < -0.4 is 0 Å². The van der Waals surface area contributed by atoms with Crippen molar-refractivity contribution in [2.45, 2.75) is 25.2 Å². The highest BCUT2D eigenvalue weighted by atomic mass is 15.0. The first kappa shape index (κ1) is 30.6. The molecule has 0 saturated carbocycles. The van der Waals surface area contributed by atoms with Crippen molar-refractivity contribution >= 4 is 5.57 Å². The van der Waals surface area contributed by atoms with E-state index in [1.807, 2.05) is 121 Å². The molecular weight excluding hydrogens is 625 g/mol. The SMILES string of the molecule is CC1(C)c2cc(-c3nc(-c4ccccc4)nc(-c4ccccc4)n3)ccc2C2C=CC(c3nc(-c4ccccc4)nc(-c4ccccc4)n3)=CC21. The van der Waals surface area contributed by atoms with Crippen molar-refractivity contribution in [3.63, 3.8) is 0 Å². The van der Waals surface area contributed by atoms with E-state index in [1.165, 1.54) is 11.1 Å². The summed E-state index contributed by atoms with van der Waals surface area (Å²) in [6.45, 7) is 4.67. The summed E-state index contributed by atoms with van der Waals surface area (Å²) in [6.07, 6.45) is 6.88. The number of rotatable bonds is 6. The van der Waals surface area contributed by atoms with Crippen molar-refractivity contribution in [2.75, 3.05) is 0 Å². The third kappa shape index (κ3) is 5.65. The number of aromatic nitrogens is 6. The molecule has 2 aliphatic rings. The predicted molar refractivity (Wildman–Crippen MR) is 203 cm³/mol. The third-order valence-corrected chi connectivity index (χ3v) is 10.1. The van der Waals surface area contributed by atoms with Crippen molar-refractivity contribution in [3.8, 4) is 56.9 Å². The van der Waals surface area contributed by atoms with E-state index in [2.05, 4.69) is 50.3 Å². The van der Waals surface area contributed by atoms with Crippen LogP contribution in [-0.2, 0) is 5.41 Å². The molecule has 0 bridgehead atoms. The van der Waals surface area contributed by atoms with Gasteiger partial charge in [-0.1, -0.05) is 166 Å². The highest BCUT2D eigenvalue weighted by Gasteiger charge is 2.45. The van der Waals surface area contributed by atoms with Gasteiger partial charge in [0.1, 0.15) is 0 Å². The van der Waals surface area contributed by atoms with Gasteiger partial charge in [-0.2, -0.15) is 0 Å². The fourth-order valence-electron chi connectivity index (χ4n) is 7.38. The zero-order valence-electron chi connectivity index (χ0n) is 28.3. The summed E-state index contributed by atoms with van der Waals surface area (Å²) in [6, 6.07) is 47.2. The lowest BCUT2D eigenvalue weighted by Gasteiger charge is -2.30. The first-order valence-electron chi connectivity index (χ1n) is 17.3. The van der Waals surface area contributed by atoms with Crippen LogP contribution in [0.25, 0.3) is 62.5 Å². The molecule has 0 radical (unpaired) electrons. The Morgan fingerprint density at radius 1 is 0.431 bits per heavy atom. The quantitative estimate of drug-likeness (QED) is 0.177. The van der Waals surface area contributed by atoms with Crippen LogP contribution in [0.15, 0.2) is 158 Å². The van der Waals surface area contributed by atoms with Crippen molar-refractivity contribution in [2.24, 2.45) is 5.92 Å². The molecule has 5 aromatic carbocycles. The molecule has 2 heterocycles. The molecule has 51 heavy (non-hydrogen) atoms. The number of hydrogen-bond acceptors (Lipinski definition) is 6. The predicted octanol–water partition coefficient (Wildman–Crippen LogP) is 10.0. The molecule has 6 heteroatoms. The van der Waals surface area contributed by atoms with Crippen LogP contribution in [0.5, 0.6) is 0 Å². The average molecular weight is 659 g/mol. The monoisotopic (exact) mass is 658 g/mol. The Kier molecular flexibility index (Phi) is 7.50. The molecule has 244 valence electrons. The second kappa shape index (κ2) is 12.5. The number of benzene rings is 5. The van der Waals surface area contributed by atoms with Gasteiger partial charge in [0.05, 0.1) is 0 Å². The van der Waals surface area contributed by atoms with Crippen LogP contribution in [0.1, 0.15) is 36.7 Å². The lowest BCUT2D eigenvalue weighted by Crippen LogP contribution is -2.25. The van der Waals surface area contributed by atoms with Crippen LogP contribution >= 0.6 is 0 Å². The zero-order valence-corrected chi connectivity index (χ0v) is 28.3. The Hall–Kier alpha value is -6.40. The molecule has 7 aromatic rings. The van der Waals surface area contributed by atoms with E-state index in [0.717, 1.165) is 33.4 Å². The fourth-order valence-corrected chi connectivity index (χ4v) is 7.38. The molecule has 0 aliphatic heterocycles. The summed E-state index contributed by atoms with van der Waals surface area (Å²) in [5.74, 6) is 4.42. The summed E-state index contributed by atoms with van der Waals surface area (Å²) in [7, 11) is 0. The van der Waals surface area contributed by atoms with E-state index >= 15 is 0 Å².